The van der Waals surface area contributed by atoms with Gasteiger partial charge in [-0.1, -0.05) is 0 Å². The summed E-state index contributed by atoms with van der Waals surface area (Å²) >= 11 is 0. The minimum absolute atomic E-state index is 0.0955. The molecule has 0 spiro atoms. The molecule has 7 nitrogen and oxygen atoms in total. The predicted molar refractivity (Wildman–Crippen MR) is 91.8 cm³/mol. The smallest absolute Gasteiger partial charge is 0.316 e. The van der Waals surface area contributed by atoms with Crippen LogP contribution in [-0.2, 0) is 9.59 Å². The molecule has 24 heavy (non-hydrogen) atoms. The van der Waals surface area contributed by atoms with Crippen LogP contribution in [0.3, 0.4) is 0 Å². The van der Waals surface area contributed by atoms with E-state index in [1.807, 2.05) is 12.1 Å². The molecule has 2 heterocycles. The minimum Gasteiger partial charge on any atom is -0.372 e. The lowest BCUT2D eigenvalue weighted by atomic mass is 10.1. The van der Waals surface area contributed by atoms with Gasteiger partial charge < -0.3 is 10.2 Å². The zero-order valence-corrected chi connectivity index (χ0v) is 13.2. The Kier molecular flexibility index (Phi) is 5.00. The standard InChI is InChI=1S/C17H19N5O2/c23-15(16(24)21-17-18-9-4-10-19-17)20-13-5-7-14(8-6-13)22-11-2-1-3-12-22/h4-10H,1-3,11-12H2,(H,20,23)(H,18,19,21,24). The number of hydrogen-bond donors (Lipinski definition) is 2. The Morgan fingerprint density at radius 1 is 0.875 bits per heavy atom. The van der Waals surface area contributed by atoms with Crippen molar-refractivity contribution in [3.8, 4) is 0 Å². The van der Waals surface area contributed by atoms with Gasteiger partial charge in [-0.25, -0.2) is 9.97 Å². The van der Waals surface area contributed by atoms with Gasteiger partial charge in [0.05, 0.1) is 0 Å². The molecule has 1 saturated heterocycles. The molecule has 1 aromatic heterocycles. The molecule has 0 unspecified atom stereocenters. The van der Waals surface area contributed by atoms with Crippen LogP contribution in [0.2, 0.25) is 0 Å². The molecular formula is C17H19N5O2. The number of piperidine rings is 1. The number of amides is 2. The van der Waals surface area contributed by atoms with Crippen LogP contribution in [0.1, 0.15) is 19.3 Å². The third kappa shape index (κ3) is 4.07. The van der Waals surface area contributed by atoms with Crippen molar-refractivity contribution in [2.24, 2.45) is 0 Å². The maximum atomic E-state index is 11.9. The summed E-state index contributed by atoms with van der Waals surface area (Å²) in [4.78, 5) is 33.7. The SMILES string of the molecule is O=C(Nc1ccc(N2CCCCC2)cc1)C(=O)Nc1ncccn1. The van der Waals surface area contributed by atoms with Crippen LogP contribution in [0.15, 0.2) is 42.7 Å². The largest absolute Gasteiger partial charge is 0.372 e. The van der Waals surface area contributed by atoms with Crippen LogP contribution in [0.25, 0.3) is 0 Å². The van der Waals surface area contributed by atoms with Crippen molar-refractivity contribution in [1.82, 2.24) is 9.97 Å². The van der Waals surface area contributed by atoms with Gasteiger partial charge in [0.25, 0.3) is 0 Å². The highest BCUT2D eigenvalue weighted by Gasteiger charge is 2.15. The van der Waals surface area contributed by atoms with E-state index in [9.17, 15) is 9.59 Å². The lowest BCUT2D eigenvalue weighted by Crippen LogP contribution is -2.30. The number of carbonyl (C=O) groups excluding carboxylic acids is 2. The van der Waals surface area contributed by atoms with Crippen LogP contribution >= 0.6 is 0 Å². The molecule has 0 aliphatic carbocycles. The zero-order chi connectivity index (χ0) is 16.8. The number of rotatable bonds is 3. The average Bonchev–Trinajstić information content (AvgIpc) is 2.64. The number of benzene rings is 1. The maximum Gasteiger partial charge on any atom is 0.316 e. The summed E-state index contributed by atoms with van der Waals surface area (Å²) in [5, 5.41) is 4.91. The van der Waals surface area contributed by atoms with Gasteiger partial charge in [0, 0.05) is 36.9 Å². The molecule has 1 aliphatic heterocycles. The van der Waals surface area contributed by atoms with E-state index in [4.69, 9.17) is 0 Å². The van der Waals surface area contributed by atoms with Crippen molar-refractivity contribution in [2.45, 2.75) is 19.3 Å². The van der Waals surface area contributed by atoms with Crippen LogP contribution in [0, 0.1) is 0 Å². The first kappa shape index (κ1) is 15.9. The van der Waals surface area contributed by atoms with Crippen LogP contribution in [0.5, 0.6) is 0 Å². The van der Waals surface area contributed by atoms with E-state index in [0.29, 0.717) is 5.69 Å². The highest BCUT2D eigenvalue weighted by Crippen LogP contribution is 2.21. The monoisotopic (exact) mass is 325 g/mol. The summed E-state index contributed by atoms with van der Waals surface area (Å²) in [6.07, 6.45) is 6.67. The Morgan fingerprint density at radius 2 is 1.50 bits per heavy atom. The van der Waals surface area contributed by atoms with E-state index < -0.39 is 11.8 Å². The highest BCUT2D eigenvalue weighted by molar-refractivity contribution is 6.43. The fourth-order valence-electron chi connectivity index (χ4n) is 2.62. The second kappa shape index (κ2) is 7.54. The number of hydrogen-bond acceptors (Lipinski definition) is 5. The fourth-order valence-corrected chi connectivity index (χ4v) is 2.62. The maximum absolute atomic E-state index is 11.9. The molecule has 0 atom stereocenters. The van der Waals surface area contributed by atoms with Crippen LogP contribution in [0.4, 0.5) is 17.3 Å². The van der Waals surface area contributed by atoms with Crippen LogP contribution in [-0.4, -0.2) is 34.9 Å². The lowest BCUT2D eigenvalue weighted by Gasteiger charge is -2.28. The summed E-state index contributed by atoms with van der Waals surface area (Å²) < 4.78 is 0. The number of aromatic nitrogens is 2. The summed E-state index contributed by atoms with van der Waals surface area (Å²) in [6, 6.07) is 9.14. The van der Waals surface area contributed by atoms with Crippen molar-refractivity contribution in [2.75, 3.05) is 28.6 Å². The van der Waals surface area contributed by atoms with Gasteiger partial charge in [0.2, 0.25) is 5.95 Å². The molecule has 3 rings (SSSR count). The van der Waals surface area contributed by atoms with Crippen molar-refractivity contribution in [1.29, 1.82) is 0 Å². The van der Waals surface area contributed by atoms with Crippen molar-refractivity contribution >= 4 is 29.1 Å². The van der Waals surface area contributed by atoms with E-state index in [-0.39, 0.29) is 5.95 Å². The first-order valence-electron chi connectivity index (χ1n) is 7.97. The van der Waals surface area contributed by atoms with Gasteiger partial charge in [-0.05, 0) is 49.6 Å². The number of nitrogens with zero attached hydrogens (tertiary/aromatic N) is 3. The number of anilines is 3. The molecule has 0 bridgehead atoms. The van der Waals surface area contributed by atoms with Crippen LogP contribution < -0.4 is 15.5 Å². The molecule has 0 radical (unpaired) electrons. The van der Waals surface area contributed by atoms with E-state index >= 15 is 0 Å². The van der Waals surface area contributed by atoms with Gasteiger partial charge >= 0.3 is 11.8 Å². The van der Waals surface area contributed by atoms with E-state index in [0.717, 1.165) is 18.8 Å². The molecule has 124 valence electrons. The molecule has 2 amide bonds. The Hall–Kier alpha value is -2.96. The average molecular weight is 325 g/mol. The zero-order valence-electron chi connectivity index (χ0n) is 13.2. The molecule has 1 fully saturated rings. The first-order valence-corrected chi connectivity index (χ1v) is 7.97. The summed E-state index contributed by atoms with van der Waals surface area (Å²) in [7, 11) is 0. The second-order valence-corrected chi connectivity index (χ2v) is 5.58. The van der Waals surface area contributed by atoms with Gasteiger partial charge in [-0.3, -0.25) is 14.9 Å². The van der Waals surface area contributed by atoms with Gasteiger partial charge in [-0.2, -0.15) is 0 Å². The van der Waals surface area contributed by atoms with Gasteiger partial charge in [0.1, 0.15) is 0 Å². The topological polar surface area (TPSA) is 87.2 Å². The van der Waals surface area contributed by atoms with Crippen molar-refractivity contribution < 1.29 is 9.59 Å². The quantitative estimate of drug-likeness (QED) is 0.843. The molecule has 2 N–H and O–H groups in total. The Morgan fingerprint density at radius 3 is 2.17 bits per heavy atom. The van der Waals surface area contributed by atoms with Gasteiger partial charge in [-0.15, -0.1) is 0 Å². The number of carbonyl (C=O) groups is 2. The Balaban J connectivity index is 1.57. The molecule has 2 aromatic rings. The fraction of sp³-hybridized carbons (Fsp3) is 0.294. The molecule has 0 saturated carbocycles. The minimum atomic E-state index is -0.804. The van der Waals surface area contributed by atoms with E-state index in [1.54, 1.807) is 18.2 Å². The summed E-state index contributed by atoms with van der Waals surface area (Å²) in [5.74, 6) is -1.47. The Labute approximate surface area is 140 Å². The first-order chi connectivity index (χ1) is 11.7. The predicted octanol–water partition coefficient (Wildman–Crippen LogP) is 2.04. The molecule has 1 aromatic carbocycles. The van der Waals surface area contributed by atoms with Crippen molar-refractivity contribution in [3.05, 3.63) is 42.7 Å². The third-order valence-corrected chi connectivity index (χ3v) is 3.84. The molecule has 1 aliphatic rings. The molecular weight excluding hydrogens is 306 g/mol. The lowest BCUT2D eigenvalue weighted by molar-refractivity contribution is -0.133. The number of nitrogens with one attached hydrogen (secondary N) is 2. The van der Waals surface area contributed by atoms with E-state index in [1.165, 1.54) is 31.7 Å². The third-order valence-electron chi connectivity index (χ3n) is 3.84. The van der Waals surface area contributed by atoms with Crippen molar-refractivity contribution in [3.63, 3.8) is 0 Å². The van der Waals surface area contributed by atoms with Gasteiger partial charge in [0.15, 0.2) is 0 Å². The molecule has 7 heteroatoms. The Bertz CT molecular complexity index is 697. The van der Waals surface area contributed by atoms with E-state index in [2.05, 4.69) is 25.5 Å². The summed E-state index contributed by atoms with van der Waals surface area (Å²) in [5.41, 5.74) is 1.71. The summed E-state index contributed by atoms with van der Waals surface area (Å²) in [6.45, 7) is 2.12. The normalized spacial score (nSPS) is 14.1. The second-order valence-electron chi connectivity index (χ2n) is 5.58. The highest BCUT2D eigenvalue weighted by atomic mass is 16.2.